The van der Waals surface area contributed by atoms with Gasteiger partial charge in [-0.25, -0.2) is 4.79 Å². The number of rotatable bonds is 10. The Balaban J connectivity index is 4.68. The van der Waals surface area contributed by atoms with E-state index in [1.807, 2.05) is 13.8 Å². The predicted octanol–water partition coefficient (Wildman–Crippen LogP) is 2.29. The van der Waals surface area contributed by atoms with Gasteiger partial charge in [0.05, 0.1) is 6.42 Å². The fraction of sp³-hybridized carbons (Fsp3) is 0.833. The zero-order valence-corrected chi connectivity index (χ0v) is 10.6. The van der Waals surface area contributed by atoms with Crippen LogP contribution in [0.2, 0.25) is 0 Å². The molecule has 0 fully saturated rings. The average molecular weight is 246 g/mol. The van der Waals surface area contributed by atoms with Crippen molar-refractivity contribution < 1.29 is 24.5 Å². The molecule has 0 radical (unpaired) electrons. The number of carboxylic acid groups (broad SMARTS) is 2. The minimum Gasteiger partial charge on any atom is -0.481 e. The first-order valence-corrected chi connectivity index (χ1v) is 6.07. The van der Waals surface area contributed by atoms with Gasteiger partial charge >= 0.3 is 11.9 Å². The molecular weight excluding hydrogens is 224 g/mol. The second kappa shape index (κ2) is 8.06. The first-order valence-electron chi connectivity index (χ1n) is 6.07. The smallest absolute Gasteiger partial charge is 0.336 e. The van der Waals surface area contributed by atoms with Gasteiger partial charge in [-0.3, -0.25) is 4.79 Å². The summed E-state index contributed by atoms with van der Waals surface area (Å²) in [7, 11) is 0. The summed E-state index contributed by atoms with van der Waals surface area (Å²) >= 11 is 0. The molecule has 2 N–H and O–H groups in total. The predicted molar refractivity (Wildman–Crippen MR) is 63.0 cm³/mol. The second-order valence-electron chi connectivity index (χ2n) is 4.18. The molecule has 5 nitrogen and oxygen atoms in total. The van der Waals surface area contributed by atoms with E-state index in [-0.39, 0.29) is 6.42 Å². The van der Waals surface area contributed by atoms with Gasteiger partial charge in [0, 0.05) is 6.61 Å². The summed E-state index contributed by atoms with van der Waals surface area (Å²) in [6.45, 7) is 4.19. The van der Waals surface area contributed by atoms with Crippen LogP contribution in [0.4, 0.5) is 0 Å². The lowest BCUT2D eigenvalue weighted by Crippen LogP contribution is -2.44. The quantitative estimate of drug-likeness (QED) is 0.578. The van der Waals surface area contributed by atoms with E-state index < -0.39 is 24.0 Å². The molecule has 0 amide bonds. The van der Waals surface area contributed by atoms with Gasteiger partial charge in [-0.05, 0) is 12.8 Å². The molecule has 1 atom stereocenters. The molecule has 0 aliphatic carbocycles. The van der Waals surface area contributed by atoms with E-state index in [9.17, 15) is 14.7 Å². The molecule has 0 aliphatic rings. The van der Waals surface area contributed by atoms with Crippen molar-refractivity contribution >= 4 is 11.9 Å². The SMILES string of the molecule is CCCCOC(CCCC)(CC(=O)O)C(=O)O. The van der Waals surface area contributed by atoms with Crippen LogP contribution >= 0.6 is 0 Å². The van der Waals surface area contributed by atoms with Crippen molar-refractivity contribution in [1.82, 2.24) is 0 Å². The van der Waals surface area contributed by atoms with Crippen LogP contribution in [0, 0.1) is 0 Å². The molecule has 0 spiro atoms. The number of aliphatic carboxylic acids is 2. The maximum absolute atomic E-state index is 11.3. The summed E-state index contributed by atoms with van der Waals surface area (Å²) in [5.41, 5.74) is -1.56. The molecule has 1 unspecified atom stereocenters. The van der Waals surface area contributed by atoms with Crippen molar-refractivity contribution in [2.45, 2.75) is 58.0 Å². The molecule has 0 saturated heterocycles. The van der Waals surface area contributed by atoms with Crippen LogP contribution in [-0.4, -0.2) is 34.4 Å². The van der Waals surface area contributed by atoms with E-state index >= 15 is 0 Å². The zero-order valence-electron chi connectivity index (χ0n) is 10.6. The molecule has 0 bridgehead atoms. The van der Waals surface area contributed by atoms with Crippen LogP contribution in [0.25, 0.3) is 0 Å². The summed E-state index contributed by atoms with van der Waals surface area (Å²) in [6, 6.07) is 0. The third kappa shape index (κ3) is 5.68. The van der Waals surface area contributed by atoms with Gasteiger partial charge in [0.1, 0.15) is 0 Å². The molecule has 17 heavy (non-hydrogen) atoms. The Labute approximate surface area is 102 Å². The van der Waals surface area contributed by atoms with E-state index in [0.717, 1.165) is 19.3 Å². The summed E-state index contributed by atoms with van der Waals surface area (Å²) in [5, 5.41) is 18.0. The lowest BCUT2D eigenvalue weighted by atomic mass is 9.92. The molecule has 0 aromatic rings. The minimum atomic E-state index is -1.56. The van der Waals surface area contributed by atoms with Gasteiger partial charge in [-0.15, -0.1) is 0 Å². The van der Waals surface area contributed by atoms with Crippen molar-refractivity contribution in [1.29, 1.82) is 0 Å². The monoisotopic (exact) mass is 246 g/mol. The number of hydrogen-bond acceptors (Lipinski definition) is 3. The molecule has 0 rings (SSSR count). The van der Waals surface area contributed by atoms with Crippen LogP contribution in [0.15, 0.2) is 0 Å². The van der Waals surface area contributed by atoms with Crippen LogP contribution in [-0.2, 0) is 14.3 Å². The number of carboxylic acids is 2. The molecule has 0 heterocycles. The Hall–Kier alpha value is -1.10. The number of ether oxygens (including phenoxy) is 1. The summed E-state index contributed by atoms with van der Waals surface area (Å²) in [4.78, 5) is 22.0. The van der Waals surface area contributed by atoms with Crippen LogP contribution in [0.5, 0.6) is 0 Å². The van der Waals surface area contributed by atoms with E-state index in [1.165, 1.54) is 0 Å². The Morgan fingerprint density at radius 3 is 2.12 bits per heavy atom. The van der Waals surface area contributed by atoms with E-state index in [0.29, 0.717) is 13.0 Å². The lowest BCUT2D eigenvalue weighted by Gasteiger charge is -2.28. The Morgan fingerprint density at radius 2 is 1.71 bits per heavy atom. The number of unbranched alkanes of at least 4 members (excludes halogenated alkanes) is 2. The molecule has 0 saturated carbocycles. The zero-order chi connectivity index (χ0) is 13.3. The second-order valence-corrected chi connectivity index (χ2v) is 4.18. The number of carbonyl (C=O) groups is 2. The molecule has 0 aliphatic heterocycles. The highest BCUT2D eigenvalue weighted by molar-refractivity contribution is 5.83. The first kappa shape index (κ1) is 15.9. The topological polar surface area (TPSA) is 83.8 Å². The summed E-state index contributed by atoms with van der Waals surface area (Å²) < 4.78 is 5.36. The Bertz CT molecular complexity index is 251. The molecule has 100 valence electrons. The Morgan fingerprint density at radius 1 is 1.12 bits per heavy atom. The third-order valence-electron chi connectivity index (χ3n) is 2.64. The van der Waals surface area contributed by atoms with Crippen LogP contribution in [0.3, 0.4) is 0 Å². The van der Waals surface area contributed by atoms with Crippen molar-refractivity contribution in [3.63, 3.8) is 0 Å². The normalized spacial score (nSPS) is 14.2. The van der Waals surface area contributed by atoms with Gasteiger partial charge in [0.25, 0.3) is 0 Å². The van der Waals surface area contributed by atoms with E-state index in [2.05, 4.69) is 0 Å². The first-order chi connectivity index (χ1) is 7.98. The van der Waals surface area contributed by atoms with Crippen LogP contribution in [0.1, 0.15) is 52.4 Å². The fourth-order valence-electron chi connectivity index (χ4n) is 1.57. The maximum Gasteiger partial charge on any atom is 0.336 e. The Kier molecular flexibility index (Phi) is 7.54. The van der Waals surface area contributed by atoms with Gasteiger partial charge < -0.3 is 14.9 Å². The maximum atomic E-state index is 11.3. The summed E-state index contributed by atoms with van der Waals surface area (Å²) in [6.07, 6.45) is 2.84. The van der Waals surface area contributed by atoms with Gasteiger partial charge in [-0.1, -0.05) is 33.1 Å². The van der Waals surface area contributed by atoms with E-state index in [1.54, 1.807) is 0 Å². The van der Waals surface area contributed by atoms with Crippen LogP contribution < -0.4 is 0 Å². The highest BCUT2D eigenvalue weighted by Crippen LogP contribution is 2.25. The minimum absolute atomic E-state index is 0.245. The standard InChI is InChI=1S/C12H22O5/c1-3-5-7-12(11(15)16,9-10(13)14)17-8-6-4-2/h3-9H2,1-2H3,(H,13,14)(H,15,16). The highest BCUT2D eigenvalue weighted by Gasteiger charge is 2.41. The van der Waals surface area contributed by atoms with E-state index in [4.69, 9.17) is 9.84 Å². The highest BCUT2D eigenvalue weighted by atomic mass is 16.5. The van der Waals surface area contributed by atoms with Gasteiger partial charge in [-0.2, -0.15) is 0 Å². The van der Waals surface area contributed by atoms with Crippen molar-refractivity contribution in [2.24, 2.45) is 0 Å². The third-order valence-corrected chi connectivity index (χ3v) is 2.64. The molecule has 0 aromatic heterocycles. The van der Waals surface area contributed by atoms with Crippen molar-refractivity contribution in [2.75, 3.05) is 6.61 Å². The molecule has 5 heteroatoms. The average Bonchev–Trinajstić information content (AvgIpc) is 2.25. The lowest BCUT2D eigenvalue weighted by molar-refractivity contribution is -0.174. The van der Waals surface area contributed by atoms with Crippen molar-refractivity contribution in [3.8, 4) is 0 Å². The summed E-state index contributed by atoms with van der Waals surface area (Å²) in [5.74, 6) is -2.32. The number of hydrogen-bond donors (Lipinski definition) is 2. The largest absolute Gasteiger partial charge is 0.481 e. The van der Waals surface area contributed by atoms with Crippen molar-refractivity contribution in [3.05, 3.63) is 0 Å². The van der Waals surface area contributed by atoms with Gasteiger partial charge in [0.15, 0.2) is 5.60 Å². The molecule has 0 aromatic carbocycles. The molecular formula is C12H22O5. The fourth-order valence-corrected chi connectivity index (χ4v) is 1.57. The van der Waals surface area contributed by atoms with Gasteiger partial charge in [0.2, 0.25) is 0 Å².